The number of benzene rings is 2. The van der Waals surface area contributed by atoms with Crippen LogP contribution in [0.3, 0.4) is 0 Å². The number of rotatable bonds is 8. The smallest absolute Gasteiger partial charge is 0.335 e. The van der Waals surface area contributed by atoms with Crippen LogP contribution in [0.2, 0.25) is 0 Å². The summed E-state index contributed by atoms with van der Waals surface area (Å²) < 4.78 is 16.8. The Hall–Kier alpha value is -2.57. The normalized spacial score (nSPS) is 15.4. The lowest BCUT2D eigenvalue weighted by atomic mass is 10.1. The minimum Gasteiger partial charge on any atom is -0.493 e. The maximum Gasteiger partial charge on any atom is 0.335 e. The number of ether oxygens (including phenoxy) is 3. The summed E-state index contributed by atoms with van der Waals surface area (Å²) in [6, 6.07) is 12.7. The Kier molecular flexibility index (Phi) is 6.90. The van der Waals surface area contributed by atoms with E-state index in [9.17, 15) is 4.79 Å². The fraction of sp³-hybridized carbons (Fsp3) is 0.409. The summed E-state index contributed by atoms with van der Waals surface area (Å²) in [4.78, 5) is 13.5. The van der Waals surface area contributed by atoms with Gasteiger partial charge in [-0.2, -0.15) is 0 Å². The molecule has 3 rings (SSSR count). The van der Waals surface area contributed by atoms with E-state index in [1.807, 2.05) is 24.3 Å². The minimum absolute atomic E-state index is 0.251. The van der Waals surface area contributed by atoms with Crippen molar-refractivity contribution >= 4 is 5.97 Å². The number of likely N-dealkylation sites (tertiary alicyclic amines) is 1. The predicted molar refractivity (Wildman–Crippen MR) is 106 cm³/mol. The highest BCUT2D eigenvalue weighted by Crippen LogP contribution is 2.30. The number of nitrogens with zero attached hydrogens (tertiary/aromatic N) is 1. The van der Waals surface area contributed by atoms with Crippen molar-refractivity contribution in [2.45, 2.75) is 32.1 Å². The van der Waals surface area contributed by atoms with Crippen LogP contribution in [0.4, 0.5) is 0 Å². The summed E-state index contributed by atoms with van der Waals surface area (Å²) in [5.41, 5.74) is 2.22. The molecule has 1 aliphatic rings. The molecule has 6 heteroatoms. The van der Waals surface area contributed by atoms with E-state index in [0.717, 1.165) is 38.0 Å². The zero-order chi connectivity index (χ0) is 19.9. The van der Waals surface area contributed by atoms with E-state index in [0.29, 0.717) is 17.6 Å². The molecule has 2 aromatic rings. The van der Waals surface area contributed by atoms with Crippen molar-refractivity contribution in [3.05, 3.63) is 59.2 Å². The van der Waals surface area contributed by atoms with Crippen LogP contribution in [0, 0.1) is 0 Å². The van der Waals surface area contributed by atoms with Crippen LogP contribution in [-0.2, 0) is 17.9 Å². The second kappa shape index (κ2) is 9.57. The van der Waals surface area contributed by atoms with E-state index < -0.39 is 5.97 Å². The quantitative estimate of drug-likeness (QED) is 0.749. The van der Waals surface area contributed by atoms with E-state index in [1.54, 1.807) is 32.4 Å². The Morgan fingerprint density at radius 3 is 2.54 bits per heavy atom. The summed E-state index contributed by atoms with van der Waals surface area (Å²) in [6.07, 6.45) is 2.50. The Morgan fingerprint density at radius 2 is 1.86 bits per heavy atom. The molecule has 1 aliphatic heterocycles. The number of hydrogen-bond donors (Lipinski definition) is 1. The van der Waals surface area contributed by atoms with Crippen molar-refractivity contribution in [2.24, 2.45) is 0 Å². The van der Waals surface area contributed by atoms with Gasteiger partial charge in [-0.05, 0) is 48.2 Å². The molecule has 1 N–H and O–H groups in total. The van der Waals surface area contributed by atoms with Crippen molar-refractivity contribution in [3.8, 4) is 11.5 Å². The number of carbonyl (C=O) groups is 1. The van der Waals surface area contributed by atoms with E-state index in [4.69, 9.17) is 19.3 Å². The average molecular weight is 385 g/mol. The Bertz CT molecular complexity index is 799. The molecule has 28 heavy (non-hydrogen) atoms. The average Bonchev–Trinajstić information content (AvgIpc) is 2.73. The molecule has 1 saturated heterocycles. The number of carboxylic acid groups (broad SMARTS) is 1. The zero-order valence-corrected chi connectivity index (χ0v) is 16.4. The van der Waals surface area contributed by atoms with Gasteiger partial charge in [-0.15, -0.1) is 0 Å². The van der Waals surface area contributed by atoms with Crippen molar-refractivity contribution in [3.63, 3.8) is 0 Å². The summed E-state index contributed by atoms with van der Waals surface area (Å²) in [5.74, 6) is 0.377. The fourth-order valence-electron chi connectivity index (χ4n) is 3.45. The van der Waals surface area contributed by atoms with Gasteiger partial charge in [-0.3, -0.25) is 4.90 Å². The second-order valence-corrected chi connectivity index (χ2v) is 6.99. The minimum atomic E-state index is -0.946. The molecule has 0 atom stereocenters. The van der Waals surface area contributed by atoms with Gasteiger partial charge < -0.3 is 19.3 Å². The summed E-state index contributed by atoms with van der Waals surface area (Å²) in [7, 11) is 3.41. The first-order chi connectivity index (χ1) is 13.6. The molecular weight excluding hydrogens is 358 g/mol. The molecule has 0 aromatic heterocycles. The maximum absolute atomic E-state index is 11.1. The summed E-state index contributed by atoms with van der Waals surface area (Å²) in [6.45, 7) is 3.20. The Balaban J connectivity index is 1.61. The van der Waals surface area contributed by atoms with E-state index in [2.05, 4.69) is 4.90 Å². The van der Waals surface area contributed by atoms with Crippen molar-refractivity contribution in [1.29, 1.82) is 0 Å². The molecular formula is C22H27NO5. The number of carboxylic acids is 1. The highest BCUT2D eigenvalue weighted by Gasteiger charge is 2.19. The van der Waals surface area contributed by atoms with Crippen molar-refractivity contribution < 1.29 is 24.1 Å². The highest BCUT2D eigenvalue weighted by molar-refractivity contribution is 5.87. The molecule has 0 bridgehead atoms. The van der Waals surface area contributed by atoms with E-state index >= 15 is 0 Å². The first-order valence-corrected chi connectivity index (χ1v) is 9.46. The third-order valence-corrected chi connectivity index (χ3v) is 5.07. The second-order valence-electron chi connectivity index (χ2n) is 6.99. The third kappa shape index (κ3) is 5.24. The Morgan fingerprint density at radius 1 is 1.07 bits per heavy atom. The van der Waals surface area contributed by atoms with Gasteiger partial charge in [-0.25, -0.2) is 4.79 Å². The van der Waals surface area contributed by atoms with Gasteiger partial charge in [0.1, 0.15) is 6.61 Å². The van der Waals surface area contributed by atoms with Crippen molar-refractivity contribution in [1.82, 2.24) is 4.90 Å². The van der Waals surface area contributed by atoms with Crippen LogP contribution < -0.4 is 9.47 Å². The molecule has 0 unspecified atom stereocenters. The topological polar surface area (TPSA) is 68.2 Å². The van der Waals surface area contributed by atoms with Gasteiger partial charge >= 0.3 is 5.97 Å². The monoisotopic (exact) mass is 385 g/mol. The molecule has 0 radical (unpaired) electrons. The van der Waals surface area contributed by atoms with Crippen LogP contribution >= 0.6 is 0 Å². The number of hydrogen-bond acceptors (Lipinski definition) is 5. The first kappa shape index (κ1) is 20.2. The Labute approximate surface area is 165 Å². The lowest BCUT2D eigenvalue weighted by Crippen LogP contribution is -2.36. The van der Waals surface area contributed by atoms with Gasteiger partial charge in [0.05, 0.1) is 18.8 Å². The standard InChI is InChI=1S/C22H27NO5/c1-26-19-8-10-23(11-9-19)14-16-6-7-20(21(13-16)27-2)28-15-17-4-3-5-18(12-17)22(24)25/h3-7,12-13,19H,8-11,14-15H2,1-2H3,(H,24,25). The molecule has 0 amide bonds. The van der Waals surface area contributed by atoms with Crippen molar-refractivity contribution in [2.75, 3.05) is 27.3 Å². The van der Waals surface area contributed by atoms with Crippen LogP contribution in [0.1, 0.15) is 34.3 Å². The lowest BCUT2D eigenvalue weighted by Gasteiger charge is -2.31. The van der Waals surface area contributed by atoms with Gasteiger partial charge in [0.15, 0.2) is 11.5 Å². The van der Waals surface area contributed by atoms with Gasteiger partial charge in [0.2, 0.25) is 0 Å². The molecule has 0 aliphatic carbocycles. The van der Waals surface area contributed by atoms with Gasteiger partial charge in [-0.1, -0.05) is 18.2 Å². The SMILES string of the molecule is COc1cc(CN2CCC(OC)CC2)ccc1OCc1cccc(C(=O)O)c1. The molecule has 0 spiro atoms. The van der Waals surface area contributed by atoms with Crippen LogP contribution in [0.5, 0.6) is 11.5 Å². The maximum atomic E-state index is 11.1. The highest BCUT2D eigenvalue weighted by atomic mass is 16.5. The lowest BCUT2D eigenvalue weighted by molar-refractivity contribution is 0.0388. The van der Waals surface area contributed by atoms with E-state index in [1.165, 1.54) is 5.56 Å². The van der Waals surface area contributed by atoms with Crippen LogP contribution in [0.15, 0.2) is 42.5 Å². The molecule has 1 heterocycles. The summed E-state index contributed by atoms with van der Waals surface area (Å²) >= 11 is 0. The van der Waals surface area contributed by atoms with Gasteiger partial charge in [0.25, 0.3) is 0 Å². The van der Waals surface area contributed by atoms with Crippen LogP contribution in [0.25, 0.3) is 0 Å². The number of methoxy groups -OCH3 is 2. The molecule has 2 aromatic carbocycles. The molecule has 1 fully saturated rings. The molecule has 6 nitrogen and oxygen atoms in total. The van der Waals surface area contributed by atoms with Gasteiger partial charge in [0, 0.05) is 26.7 Å². The first-order valence-electron chi connectivity index (χ1n) is 9.46. The van der Waals surface area contributed by atoms with E-state index in [-0.39, 0.29) is 12.2 Å². The third-order valence-electron chi connectivity index (χ3n) is 5.07. The number of piperidine rings is 1. The fourth-order valence-corrected chi connectivity index (χ4v) is 3.45. The summed E-state index contributed by atoms with van der Waals surface area (Å²) in [5, 5.41) is 9.10. The largest absolute Gasteiger partial charge is 0.493 e. The predicted octanol–water partition coefficient (Wildman–Crippen LogP) is 3.58. The molecule has 150 valence electrons. The number of aromatic carboxylic acids is 1. The molecule has 0 saturated carbocycles. The van der Waals surface area contributed by atoms with Crippen LogP contribution in [-0.4, -0.2) is 49.4 Å². The zero-order valence-electron chi connectivity index (χ0n) is 16.4.